The van der Waals surface area contributed by atoms with Gasteiger partial charge in [0.2, 0.25) is 10.0 Å². The molecule has 222 valence electrons. The predicted octanol–water partition coefficient (Wildman–Crippen LogP) is 6.28. The smallest absolute Gasteiger partial charge is 0.318 e. The van der Waals surface area contributed by atoms with E-state index in [4.69, 9.17) is 23.2 Å². The van der Waals surface area contributed by atoms with Crippen LogP contribution in [0.25, 0.3) is 0 Å². The second-order valence-electron chi connectivity index (χ2n) is 12.2. The molecule has 0 unspecified atom stereocenters. The van der Waals surface area contributed by atoms with E-state index in [9.17, 15) is 18.5 Å². The number of nitriles is 1. The molecule has 2 aromatic carbocycles. The minimum Gasteiger partial charge on any atom is -0.335 e. The number of nitrogens with one attached hydrogen (secondary N) is 1. The lowest BCUT2D eigenvalue weighted by Crippen LogP contribution is -2.50. The molecule has 3 atom stereocenters. The number of amides is 2. The highest BCUT2D eigenvalue weighted by molar-refractivity contribution is 7.88. The van der Waals surface area contributed by atoms with Crippen LogP contribution < -0.4 is 5.32 Å². The van der Waals surface area contributed by atoms with Crippen LogP contribution in [0.2, 0.25) is 10.0 Å². The van der Waals surface area contributed by atoms with Gasteiger partial charge in [-0.15, -0.1) is 0 Å². The van der Waals surface area contributed by atoms with Gasteiger partial charge in [-0.3, -0.25) is 0 Å². The molecule has 2 amide bonds. The van der Waals surface area contributed by atoms with E-state index in [-0.39, 0.29) is 52.3 Å². The van der Waals surface area contributed by atoms with Crippen molar-refractivity contribution in [2.24, 2.45) is 11.3 Å². The number of sulfonamides is 1. The van der Waals surface area contributed by atoms with Gasteiger partial charge in [0, 0.05) is 47.7 Å². The monoisotopic (exact) mass is 626 g/mol. The predicted molar refractivity (Wildman–Crippen MR) is 155 cm³/mol. The van der Waals surface area contributed by atoms with E-state index in [2.05, 4.69) is 11.4 Å². The standard InChI is InChI=1S/C29H34Cl2F2N4O3S/c1-28(2,3)15-18-16-37(27(38)35-20-10-12-36(13-11-20)41(4,39)40)26(21-6-5-7-23(31)25(21)33)29(18,17-34)22-9-8-19(30)14-24(22)32/h5-9,14,18,20,26H,10-13,15-16H2,1-4H3,(H,35,38)/t18-,26-,29-/m1/s1. The molecule has 2 aliphatic heterocycles. The molecule has 0 spiro atoms. The number of carbonyl (C=O) groups excluding carboxylic acids is 1. The summed E-state index contributed by atoms with van der Waals surface area (Å²) in [5, 5.41) is 13.9. The number of nitrogens with zero attached hydrogens (tertiary/aromatic N) is 3. The van der Waals surface area contributed by atoms with E-state index in [1.807, 2.05) is 20.8 Å². The third-order valence-corrected chi connectivity index (χ3v) is 9.84. The minimum atomic E-state index is -3.35. The van der Waals surface area contributed by atoms with Crippen LogP contribution in [0.5, 0.6) is 0 Å². The van der Waals surface area contributed by atoms with Crippen molar-refractivity contribution >= 4 is 39.3 Å². The highest BCUT2D eigenvalue weighted by atomic mass is 35.5. The Hall–Kier alpha value is -2.45. The lowest BCUT2D eigenvalue weighted by Gasteiger charge is -2.38. The molecule has 1 N–H and O–H groups in total. The van der Waals surface area contributed by atoms with Crippen molar-refractivity contribution in [3.05, 3.63) is 69.2 Å². The fourth-order valence-corrected chi connectivity index (χ4v) is 7.47. The molecule has 12 heteroatoms. The summed E-state index contributed by atoms with van der Waals surface area (Å²) in [6.07, 6.45) is 2.36. The highest BCUT2D eigenvalue weighted by Gasteiger charge is 2.60. The number of likely N-dealkylation sites (tertiary alicyclic amines) is 1. The molecule has 7 nitrogen and oxygen atoms in total. The van der Waals surface area contributed by atoms with Crippen LogP contribution in [0, 0.1) is 34.3 Å². The Bertz CT molecular complexity index is 1470. The molecular weight excluding hydrogens is 593 g/mol. The number of benzene rings is 2. The van der Waals surface area contributed by atoms with Crippen molar-refractivity contribution in [2.75, 3.05) is 25.9 Å². The quantitative estimate of drug-likeness (QED) is 0.423. The molecule has 2 saturated heterocycles. The Morgan fingerprint density at radius 1 is 1.17 bits per heavy atom. The second-order valence-corrected chi connectivity index (χ2v) is 15.0. The summed E-state index contributed by atoms with van der Waals surface area (Å²) >= 11 is 12.2. The maximum absolute atomic E-state index is 15.8. The highest BCUT2D eigenvalue weighted by Crippen LogP contribution is 2.56. The first-order valence-electron chi connectivity index (χ1n) is 13.4. The van der Waals surface area contributed by atoms with E-state index in [1.165, 1.54) is 39.5 Å². The van der Waals surface area contributed by atoms with Crippen LogP contribution in [-0.2, 0) is 15.4 Å². The summed E-state index contributed by atoms with van der Waals surface area (Å²) in [7, 11) is -3.35. The topological polar surface area (TPSA) is 93.5 Å². The summed E-state index contributed by atoms with van der Waals surface area (Å²) in [4.78, 5) is 15.4. The van der Waals surface area contributed by atoms with E-state index >= 15 is 8.78 Å². The van der Waals surface area contributed by atoms with Gasteiger partial charge < -0.3 is 10.2 Å². The van der Waals surface area contributed by atoms with Crippen LogP contribution in [-0.4, -0.2) is 55.6 Å². The minimum absolute atomic E-state index is 0.00635. The Kier molecular flexibility index (Phi) is 8.97. The van der Waals surface area contributed by atoms with Gasteiger partial charge in [0.05, 0.1) is 23.4 Å². The van der Waals surface area contributed by atoms with Gasteiger partial charge >= 0.3 is 6.03 Å². The van der Waals surface area contributed by atoms with Crippen LogP contribution in [0.15, 0.2) is 36.4 Å². The van der Waals surface area contributed by atoms with E-state index < -0.39 is 45.1 Å². The zero-order valence-corrected chi connectivity index (χ0v) is 25.8. The van der Waals surface area contributed by atoms with Crippen LogP contribution in [0.1, 0.15) is 57.2 Å². The number of piperidine rings is 1. The molecule has 0 radical (unpaired) electrons. The second kappa shape index (κ2) is 11.7. The maximum atomic E-state index is 15.8. The van der Waals surface area contributed by atoms with Crippen molar-refractivity contribution < 1.29 is 22.0 Å². The molecule has 0 bridgehead atoms. The van der Waals surface area contributed by atoms with Crippen molar-refractivity contribution in [3.8, 4) is 6.07 Å². The van der Waals surface area contributed by atoms with E-state index in [0.29, 0.717) is 19.3 Å². The number of carbonyl (C=O) groups is 1. The summed E-state index contributed by atoms with van der Waals surface area (Å²) in [6, 6.07) is 8.67. The first-order chi connectivity index (χ1) is 19.1. The van der Waals surface area contributed by atoms with Crippen molar-refractivity contribution in [1.82, 2.24) is 14.5 Å². The van der Waals surface area contributed by atoms with Crippen molar-refractivity contribution in [3.63, 3.8) is 0 Å². The average Bonchev–Trinajstić information content (AvgIpc) is 3.18. The number of hydrogen-bond donors (Lipinski definition) is 1. The van der Waals surface area contributed by atoms with Crippen LogP contribution >= 0.6 is 23.2 Å². The molecule has 2 fully saturated rings. The molecule has 0 aromatic heterocycles. The van der Waals surface area contributed by atoms with Gasteiger partial charge in [0.25, 0.3) is 0 Å². The van der Waals surface area contributed by atoms with Crippen molar-refractivity contribution in [1.29, 1.82) is 5.26 Å². The number of rotatable bonds is 5. The lowest BCUT2D eigenvalue weighted by atomic mass is 9.63. The summed E-state index contributed by atoms with van der Waals surface area (Å²) < 4.78 is 56.7. The first kappa shape index (κ1) is 31.5. The Morgan fingerprint density at radius 2 is 1.83 bits per heavy atom. The third kappa shape index (κ3) is 6.34. The molecule has 41 heavy (non-hydrogen) atoms. The van der Waals surface area contributed by atoms with Gasteiger partial charge in [0.1, 0.15) is 17.0 Å². The van der Waals surface area contributed by atoms with Gasteiger partial charge in [-0.05, 0) is 42.9 Å². The zero-order valence-electron chi connectivity index (χ0n) is 23.4. The van der Waals surface area contributed by atoms with Gasteiger partial charge in [0.15, 0.2) is 0 Å². The molecular formula is C29H34Cl2F2N4O3S. The van der Waals surface area contributed by atoms with Gasteiger partial charge in [-0.2, -0.15) is 5.26 Å². The van der Waals surface area contributed by atoms with Crippen molar-refractivity contribution in [2.45, 2.75) is 57.5 Å². The zero-order chi connectivity index (χ0) is 30.3. The average molecular weight is 628 g/mol. The molecule has 2 aromatic rings. The molecule has 0 saturated carbocycles. The third-order valence-electron chi connectivity index (χ3n) is 8.01. The molecule has 0 aliphatic carbocycles. The summed E-state index contributed by atoms with van der Waals surface area (Å²) in [6.45, 7) is 6.52. The normalized spacial score (nSPS) is 24.3. The molecule has 4 rings (SSSR count). The largest absolute Gasteiger partial charge is 0.335 e. The summed E-state index contributed by atoms with van der Waals surface area (Å²) in [5.41, 5.74) is -1.96. The lowest BCUT2D eigenvalue weighted by molar-refractivity contribution is 0.175. The van der Waals surface area contributed by atoms with Gasteiger partial charge in [-0.1, -0.05) is 62.2 Å². The van der Waals surface area contributed by atoms with Crippen LogP contribution in [0.4, 0.5) is 13.6 Å². The Morgan fingerprint density at radius 3 is 2.39 bits per heavy atom. The fraction of sp³-hybridized carbons (Fsp3) is 0.517. The summed E-state index contributed by atoms with van der Waals surface area (Å²) in [5.74, 6) is -2.09. The molecule has 2 aliphatic rings. The van der Waals surface area contributed by atoms with Gasteiger partial charge in [-0.25, -0.2) is 26.3 Å². The Balaban J connectivity index is 1.83. The number of hydrogen-bond acceptors (Lipinski definition) is 4. The SMILES string of the molecule is CC(C)(C)C[C@@H]1CN(C(=O)NC2CCN(S(C)(=O)=O)CC2)[C@H](c2cccc(Cl)c2F)[C@@]1(C#N)c1ccc(Cl)cc1F. The fourth-order valence-electron chi connectivity index (χ4n) is 6.26. The number of halogens is 4. The molecule has 2 heterocycles. The first-order valence-corrected chi connectivity index (χ1v) is 16.0. The van der Waals surface area contributed by atoms with Crippen LogP contribution in [0.3, 0.4) is 0 Å². The number of urea groups is 1. The van der Waals surface area contributed by atoms with E-state index in [1.54, 1.807) is 0 Å². The maximum Gasteiger partial charge on any atom is 0.318 e. The van der Waals surface area contributed by atoms with E-state index in [0.717, 1.165) is 12.3 Å². The Labute approximate surface area is 250 Å².